The summed E-state index contributed by atoms with van der Waals surface area (Å²) in [5.41, 5.74) is 0. The summed E-state index contributed by atoms with van der Waals surface area (Å²) in [6, 6.07) is 0. The van der Waals surface area contributed by atoms with Crippen LogP contribution in [0.15, 0.2) is 0 Å². The summed E-state index contributed by atoms with van der Waals surface area (Å²) in [5.74, 6) is 1.02. The van der Waals surface area contributed by atoms with E-state index in [1.807, 2.05) is 0 Å². The Morgan fingerprint density at radius 3 is 0.703 bits per heavy atom. The van der Waals surface area contributed by atoms with Gasteiger partial charge < -0.3 is 33.8 Å². The predicted molar refractivity (Wildman–Crippen MR) is 414 cm³/mol. The van der Waals surface area contributed by atoms with E-state index in [4.69, 9.17) is 37.0 Å². The van der Waals surface area contributed by atoms with Crippen molar-refractivity contribution >= 4 is 39.5 Å². The number of hydrogen-bond donors (Lipinski definition) is 3. The van der Waals surface area contributed by atoms with Gasteiger partial charge in [0.15, 0.2) is 12.2 Å². The van der Waals surface area contributed by atoms with Gasteiger partial charge in [-0.3, -0.25) is 37.3 Å². The molecule has 3 unspecified atom stereocenters. The van der Waals surface area contributed by atoms with Gasteiger partial charge in [0.1, 0.15) is 19.3 Å². The number of carbonyl (C=O) groups is 4. The lowest BCUT2D eigenvalue weighted by Crippen LogP contribution is -2.30. The quantitative estimate of drug-likeness (QED) is 0.0222. The van der Waals surface area contributed by atoms with E-state index in [9.17, 15) is 43.2 Å². The number of esters is 4. The predicted octanol–water partition coefficient (Wildman–Crippen LogP) is 24.4. The van der Waals surface area contributed by atoms with Crippen LogP contribution in [0.4, 0.5) is 0 Å². The average molecular weight is 1480 g/mol. The van der Waals surface area contributed by atoms with E-state index in [0.29, 0.717) is 25.7 Å². The standard InChI is InChI=1S/C82H160O17P2/c1-9-75(8)61-53-45-37-32-33-39-47-55-63-80(85)93-69-78(99-82(87)65-57-49-41-31-25-24-28-36-44-52-60-74(6)7)71-97-101(90,91)95-67-76(83)66-94-100(88,89)96-70-77(68-92-79(84)62-54-46-38-29-22-19-18-21-27-35-43-51-59-73(4)5)98-81(86)64-56-48-40-30-23-17-15-13-11-10-12-14-16-20-26-34-42-50-58-72(2)3/h72-78,83H,9-71H2,1-8H3,(H,88,89)(H,90,91)/t75?,76-,77-,78-/m1/s1. The molecule has 17 nitrogen and oxygen atoms in total. The van der Waals surface area contributed by atoms with E-state index in [-0.39, 0.29) is 25.7 Å². The third-order valence-electron chi connectivity index (χ3n) is 19.4. The number of carbonyl (C=O) groups excluding carboxylic acids is 4. The molecule has 0 aromatic heterocycles. The van der Waals surface area contributed by atoms with Crippen LogP contribution in [0.25, 0.3) is 0 Å². The summed E-state index contributed by atoms with van der Waals surface area (Å²) in [6.45, 7) is 14.3. The molecule has 0 heterocycles. The van der Waals surface area contributed by atoms with Gasteiger partial charge in [0.25, 0.3) is 0 Å². The first-order valence-corrected chi connectivity index (χ1v) is 45.2. The van der Waals surface area contributed by atoms with Crippen molar-refractivity contribution in [3.8, 4) is 0 Å². The zero-order valence-corrected chi connectivity index (χ0v) is 68.3. The zero-order valence-electron chi connectivity index (χ0n) is 66.5. The number of ether oxygens (including phenoxy) is 4. The van der Waals surface area contributed by atoms with Crippen LogP contribution in [-0.4, -0.2) is 96.7 Å². The summed E-state index contributed by atoms with van der Waals surface area (Å²) in [4.78, 5) is 73.1. The van der Waals surface area contributed by atoms with Gasteiger partial charge in [-0.05, 0) is 49.4 Å². The maximum Gasteiger partial charge on any atom is 0.472 e. The van der Waals surface area contributed by atoms with Gasteiger partial charge >= 0.3 is 39.5 Å². The molecular formula is C82H160O17P2. The molecule has 0 amide bonds. The van der Waals surface area contributed by atoms with Crippen LogP contribution in [0.2, 0.25) is 0 Å². The molecule has 0 saturated carbocycles. The monoisotopic (exact) mass is 1480 g/mol. The number of phosphoric ester groups is 2. The lowest BCUT2D eigenvalue weighted by molar-refractivity contribution is -0.161. The van der Waals surface area contributed by atoms with Crippen LogP contribution in [0, 0.1) is 23.7 Å². The second-order valence-corrected chi connectivity index (χ2v) is 34.1. The Morgan fingerprint density at radius 1 is 0.277 bits per heavy atom. The molecule has 0 radical (unpaired) electrons. The van der Waals surface area contributed by atoms with Gasteiger partial charge in [-0.2, -0.15) is 0 Å². The van der Waals surface area contributed by atoms with Crippen molar-refractivity contribution in [2.45, 2.75) is 440 Å². The topological polar surface area (TPSA) is 237 Å². The van der Waals surface area contributed by atoms with Gasteiger partial charge in [-0.15, -0.1) is 0 Å². The maximum atomic E-state index is 13.1. The SMILES string of the molecule is CCC(C)CCCCCCCCCCC(=O)OC[C@H](COP(=O)(O)OC[C@H](O)COP(=O)(O)OC[C@@H](COC(=O)CCCCCCCCCCCCCCC(C)C)OC(=O)CCCCCCCCCCCCCCCCCCCCC(C)C)OC(=O)CCCCCCCCCCCCC(C)C. The van der Waals surface area contributed by atoms with E-state index < -0.39 is 97.5 Å². The van der Waals surface area contributed by atoms with E-state index in [2.05, 4.69) is 55.4 Å². The van der Waals surface area contributed by atoms with Crippen LogP contribution in [0.1, 0.15) is 421 Å². The Kier molecular flexibility index (Phi) is 69.6. The molecular weight excluding hydrogens is 1320 g/mol. The first kappa shape index (κ1) is 99.1. The van der Waals surface area contributed by atoms with E-state index in [1.54, 1.807) is 0 Å². The molecule has 0 aromatic carbocycles. The fourth-order valence-electron chi connectivity index (χ4n) is 12.6. The summed E-state index contributed by atoms with van der Waals surface area (Å²) in [5, 5.41) is 10.6. The fourth-order valence-corrected chi connectivity index (χ4v) is 14.2. The fraction of sp³-hybridized carbons (Fsp3) is 0.951. The van der Waals surface area contributed by atoms with Gasteiger partial charge in [-0.1, -0.05) is 370 Å². The molecule has 0 rings (SSSR count). The van der Waals surface area contributed by atoms with Crippen LogP contribution < -0.4 is 0 Å². The minimum atomic E-state index is -4.96. The lowest BCUT2D eigenvalue weighted by Gasteiger charge is -2.21. The second-order valence-electron chi connectivity index (χ2n) is 31.2. The molecule has 101 heavy (non-hydrogen) atoms. The van der Waals surface area contributed by atoms with Crippen molar-refractivity contribution < 1.29 is 80.2 Å². The van der Waals surface area contributed by atoms with Gasteiger partial charge in [0, 0.05) is 25.7 Å². The molecule has 0 saturated heterocycles. The molecule has 0 aliphatic rings. The largest absolute Gasteiger partial charge is 0.472 e. The van der Waals surface area contributed by atoms with Crippen LogP contribution in [0.3, 0.4) is 0 Å². The molecule has 3 N–H and O–H groups in total. The Balaban J connectivity index is 5.25. The Labute approximate surface area is 619 Å². The summed E-state index contributed by atoms with van der Waals surface area (Å²) in [7, 11) is -9.92. The third kappa shape index (κ3) is 74.7. The Hall–Kier alpha value is -1.94. The minimum Gasteiger partial charge on any atom is -0.462 e. The van der Waals surface area contributed by atoms with Crippen LogP contribution in [-0.2, 0) is 65.4 Å². The molecule has 6 atom stereocenters. The number of phosphoric acid groups is 2. The van der Waals surface area contributed by atoms with Gasteiger partial charge in [0.05, 0.1) is 26.4 Å². The first-order chi connectivity index (χ1) is 48.6. The van der Waals surface area contributed by atoms with Crippen molar-refractivity contribution in [1.82, 2.24) is 0 Å². The number of aliphatic hydroxyl groups is 1. The highest BCUT2D eigenvalue weighted by molar-refractivity contribution is 7.47. The molecule has 0 aliphatic carbocycles. The molecule has 0 aromatic rings. The van der Waals surface area contributed by atoms with Crippen LogP contribution in [0.5, 0.6) is 0 Å². The van der Waals surface area contributed by atoms with Crippen molar-refractivity contribution in [3.05, 3.63) is 0 Å². The van der Waals surface area contributed by atoms with Crippen molar-refractivity contribution in [3.63, 3.8) is 0 Å². The summed E-state index contributed by atoms with van der Waals surface area (Å²) < 4.78 is 68.8. The average Bonchev–Trinajstić information content (AvgIpc) is 0.965. The van der Waals surface area contributed by atoms with Crippen molar-refractivity contribution in [2.75, 3.05) is 39.6 Å². The summed E-state index contributed by atoms with van der Waals surface area (Å²) >= 11 is 0. The number of hydrogen-bond acceptors (Lipinski definition) is 15. The maximum absolute atomic E-state index is 13.1. The van der Waals surface area contributed by atoms with E-state index in [0.717, 1.165) is 114 Å². The Morgan fingerprint density at radius 2 is 0.475 bits per heavy atom. The van der Waals surface area contributed by atoms with Gasteiger partial charge in [-0.25, -0.2) is 9.13 Å². The second kappa shape index (κ2) is 71.0. The zero-order chi connectivity index (χ0) is 74.6. The highest BCUT2D eigenvalue weighted by Crippen LogP contribution is 2.45. The smallest absolute Gasteiger partial charge is 0.462 e. The molecule has 600 valence electrons. The van der Waals surface area contributed by atoms with Crippen molar-refractivity contribution in [1.29, 1.82) is 0 Å². The highest BCUT2D eigenvalue weighted by Gasteiger charge is 2.30. The number of rotatable bonds is 79. The number of unbranched alkanes of at least 4 members (excludes halogenated alkanes) is 44. The van der Waals surface area contributed by atoms with Crippen molar-refractivity contribution in [2.24, 2.45) is 23.7 Å². The molecule has 0 aliphatic heterocycles. The molecule has 0 fully saturated rings. The highest BCUT2D eigenvalue weighted by atomic mass is 31.2. The molecule has 0 bridgehead atoms. The molecule has 0 spiro atoms. The lowest BCUT2D eigenvalue weighted by atomic mass is 9.99. The van der Waals surface area contributed by atoms with E-state index in [1.165, 1.54) is 225 Å². The normalized spacial score (nSPS) is 14.3. The minimum absolute atomic E-state index is 0.105. The third-order valence-corrected chi connectivity index (χ3v) is 21.3. The first-order valence-electron chi connectivity index (χ1n) is 42.2. The Bertz CT molecular complexity index is 1970. The number of aliphatic hydroxyl groups excluding tert-OH is 1. The summed E-state index contributed by atoms with van der Waals surface area (Å²) in [6.07, 6.45) is 58.2. The molecule has 19 heteroatoms. The van der Waals surface area contributed by atoms with Crippen LogP contribution >= 0.6 is 15.6 Å². The van der Waals surface area contributed by atoms with E-state index >= 15 is 0 Å². The van der Waals surface area contributed by atoms with Gasteiger partial charge in [0.2, 0.25) is 0 Å².